The molecule has 2 heterocycles. The quantitative estimate of drug-likeness (QED) is 0.510. The monoisotopic (exact) mass is 494 g/mol. The van der Waals surface area contributed by atoms with Gasteiger partial charge in [-0.25, -0.2) is 0 Å². The summed E-state index contributed by atoms with van der Waals surface area (Å²) in [4.78, 5) is 17.7. The van der Waals surface area contributed by atoms with Crippen molar-refractivity contribution in [2.75, 3.05) is 26.2 Å². The molecule has 4 rings (SSSR count). The molecule has 0 spiro atoms. The molecule has 0 aliphatic carbocycles. The van der Waals surface area contributed by atoms with Crippen LogP contribution < -0.4 is 0 Å². The number of hydrogen-bond donors (Lipinski definition) is 0. The molecule has 6 heteroatoms. The topological polar surface area (TPSA) is 41.4 Å². The van der Waals surface area contributed by atoms with E-state index < -0.39 is 0 Å². The third-order valence-corrected chi connectivity index (χ3v) is 6.66. The van der Waals surface area contributed by atoms with Crippen molar-refractivity contribution in [1.82, 2.24) is 19.6 Å². The summed E-state index contributed by atoms with van der Waals surface area (Å²) in [6.07, 6.45) is 0. The fraction of sp³-hybridized carbons (Fsp3) is 0.385. The molecule has 0 saturated carbocycles. The van der Waals surface area contributed by atoms with Crippen LogP contribution in [0, 0.1) is 0 Å². The molecule has 5 nitrogen and oxygen atoms in total. The number of amides is 1. The summed E-state index contributed by atoms with van der Waals surface area (Å²) in [7, 11) is 1.86. The molecule has 1 aromatic heterocycles. The van der Waals surface area contributed by atoms with E-state index in [4.69, 9.17) is 0 Å². The van der Waals surface area contributed by atoms with Crippen molar-refractivity contribution in [1.29, 1.82) is 0 Å². The Bertz CT molecular complexity index is 1060. The van der Waals surface area contributed by atoms with Gasteiger partial charge in [-0.1, -0.05) is 79.2 Å². The molecule has 2 aromatic carbocycles. The lowest BCUT2D eigenvalue weighted by atomic mass is 9.92. The molecule has 0 N–H and O–H groups in total. The van der Waals surface area contributed by atoms with Crippen LogP contribution in [-0.2, 0) is 12.5 Å². The zero-order valence-electron chi connectivity index (χ0n) is 19.3. The minimum Gasteiger partial charge on any atom is -0.335 e. The second-order valence-corrected chi connectivity index (χ2v) is 10.4. The lowest BCUT2D eigenvalue weighted by Crippen LogP contribution is -2.50. The van der Waals surface area contributed by atoms with E-state index in [1.807, 2.05) is 18.0 Å². The Morgan fingerprint density at radius 1 is 0.938 bits per heavy atom. The standard InChI is InChI=1S/C26H31BrN4O/c1-26(2,3)23-18-22(29(4)28-23)25(32)31-16-14-30(15-17-31)24(19-8-6-5-7-9-19)20-10-12-21(27)13-11-20/h5-13,18,24H,14-17H2,1-4H3/t24-/m1/s1. The smallest absolute Gasteiger partial charge is 0.272 e. The molecule has 1 aliphatic rings. The highest BCUT2D eigenvalue weighted by molar-refractivity contribution is 9.10. The Hall–Kier alpha value is -2.44. The van der Waals surface area contributed by atoms with E-state index in [0.29, 0.717) is 18.8 Å². The molecule has 3 aromatic rings. The second-order valence-electron chi connectivity index (χ2n) is 9.48. The number of hydrogen-bond acceptors (Lipinski definition) is 3. The second kappa shape index (κ2) is 9.20. The largest absolute Gasteiger partial charge is 0.335 e. The van der Waals surface area contributed by atoms with Crippen LogP contribution in [0.4, 0.5) is 0 Å². The Labute approximate surface area is 199 Å². The van der Waals surface area contributed by atoms with Gasteiger partial charge in [-0.15, -0.1) is 0 Å². The summed E-state index contributed by atoms with van der Waals surface area (Å²) in [6, 6.07) is 21.3. The van der Waals surface area contributed by atoms with Gasteiger partial charge in [-0.05, 0) is 29.3 Å². The van der Waals surface area contributed by atoms with E-state index in [2.05, 4.69) is 101 Å². The van der Waals surface area contributed by atoms with Gasteiger partial charge in [0, 0.05) is 43.1 Å². The summed E-state index contributed by atoms with van der Waals surface area (Å²) in [5, 5.41) is 4.58. The number of halogens is 1. The molecule has 0 radical (unpaired) electrons. The molecule has 1 fully saturated rings. The van der Waals surface area contributed by atoms with Gasteiger partial charge in [0.25, 0.3) is 5.91 Å². The Kier molecular flexibility index (Phi) is 6.54. The molecule has 0 bridgehead atoms. The number of aromatic nitrogens is 2. The minimum absolute atomic E-state index is 0.0649. The van der Waals surface area contributed by atoms with Gasteiger partial charge in [0.05, 0.1) is 11.7 Å². The summed E-state index contributed by atoms with van der Waals surface area (Å²) in [5.41, 5.74) is 4.07. The van der Waals surface area contributed by atoms with E-state index in [0.717, 1.165) is 23.3 Å². The normalized spacial score (nSPS) is 16.2. The predicted octanol–water partition coefficient (Wildman–Crippen LogP) is 5.03. The first kappa shape index (κ1) is 22.7. The van der Waals surface area contributed by atoms with Gasteiger partial charge in [0.15, 0.2) is 0 Å². The molecule has 32 heavy (non-hydrogen) atoms. The van der Waals surface area contributed by atoms with E-state index in [9.17, 15) is 4.79 Å². The van der Waals surface area contributed by atoms with Crippen molar-refractivity contribution < 1.29 is 4.79 Å². The van der Waals surface area contributed by atoms with Crippen molar-refractivity contribution in [3.63, 3.8) is 0 Å². The van der Waals surface area contributed by atoms with E-state index in [-0.39, 0.29) is 17.4 Å². The van der Waals surface area contributed by atoms with E-state index in [1.165, 1.54) is 11.1 Å². The van der Waals surface area contributed by atoms with Crippen LogP contribution in [0.5, 0.6) is 0 Å². The van der Waals surface area contributed by atoms with Crippen molar-refractivity contribution >= 4 is 21.8 Å². The number of carbonyl (C=O) groups excluding carboxylic acids is 1. The van der Waals surface area contributed by atoms with Crippen LogP contribution in [-0.4, -0.2) is 51.7 Å². The number of rotatable bonds is 4. The summed E-state index contributed by atoms with van der Waals surface area (Å²) in [5.74, 6) is 0.0649. The number of aryl methyl sites for hydroxylation is 1. The van der Waals surface area contributed by atoms with Crippen LogP contribution in [0.1, 0.15) is 54.1 Å². The predicted molar refractivity (Wildman–Crippen MR) is 132 cm³/mol. The highest BCUT2D eigenvalue weighted by Gasteiger charge is 2.30. The highest BCUT2D eigenvalue weighted by Crippen LogP contribution is 2.31. The fourth-order valence-corrected chi connectivity index (χ4v) is 4.54. The van der Waals surface area contributed by atoms with Crippen molar-refractivity contribution in [2.45, 2.75) is 32.2 Å². The minimum atomic E-state index is -0.0808. The average Bonchev–Trinajstić information content (AvgIpc) is 3.18. The van der Waals surface area contributed by atoms with Crippen LogP contribution >= 0.6 is 15.9 Å². The average molecular weight is 495 g/mol. The number of piperazine rings is 1. The van der Waals surface area contributed by atoms with E-state index >= 15 is 0 Å². The lowest BCUT2D eigenvalue weighted by Gasteiger charge is -2.39. The first-order valence-electron chi connectivity index (χ1n) is 11.1. The first-order chi connectivity index (χ1) is 15.2. The third kappa shape index (κ3) is 4.81. The van der Waals surface area contributed by atoms with Crippen molar-refractivity contribution in [2.24, 2.45) is 7.05 Å². The molecule has 0 unspecified atom stereocenters. The van der Waals surface area contributed by atoms with Gasteiger partial charge in [-0.2, -0.15) is 5.10 Å². The summed E-state index contributed by atoms with van der Waals surface area (Å²) < 4.78 is 2.80. The molecule has 168 valence electrons. The SMILES string of the molecule is Cn1nc(C(C)(C)C)cc1C(=O)N1CCN([C@H](c2ccccc2)c2ccc(Br)cc2)CC1. The number of nitrogens with zero attached hydrogens (tertiary/aromatic N) is 4. The molecule has 1 aliphatic heterocycles. The van der Waals surface area contributed by atoms with Crippen molar-refractivity contribution in [3.8, 4) is 0 Å². The van der Waals surface area contributed by atoms with Crippen LogP contribution in [0.15, 0.2) is 65.1 Å². The Balaban J connectivity index is 1.52. The van der Waals surface area contributed by atoms with Crippen molar-refractivity contribution in [3.05, 3.63) is 87.7 Å². The molecule has 1 atom stereocenters. The van der Waals surface area contributed by atoms with Gasteiger partial charge >= 0.3 is 0 Å². The number of benzene rings is 2. The maximum absolute atomic E-state index is 13.3. The Morgan fingerprint density at radius 3 is 2.09 bits per heavy atom. The third-order valence-electron chi connectivity index (χ3n) is 6.14. The summed E-state index contributed by atoms with van der Waals surface area (Å²) >= 11 is 3.55. The maximum Gasteiger partial charge on any atom is 0.272 e. The van der Waals surface area contributed by atoms with Crippen LogP contribution in [0.2, 0.25) is 0 Å². The van der Waals surface area contributed by atoms with Gasteiger partial charge < -0.3 is 4.90 Å². The zero-order chi connectivity index (χ0) is 22.9. The zero-order valence-corrected chi connectivity index (χ0v) is 20.8. The maximum atomic E-state index is 13.3. The van der Waals surface area contributed by atoms with Gasteiger partial charge in [0.1, 0.15) is 5.69 Å². The fourth-order valence-electron chi connectivity index (χ4n) is 4.27. The van der Waals surface area contributed by atoms with Crippen LogP contribution in [0.25, 0.3) is 0 Å². The highest BCUT2D eigenvalue weighted by atomic mass is 79.9. The lowest BCUT2D eigenvalue weighted by molar-refractivity contribution is 0.0587. The van der Waals surface area contributed by atoms with Crippen LogP contribution in [0.3, 0.4) is 0 Å². The van der Waals surface area contributed by atoms with Gasteiger partial charge in [0.2, 0.25) is 0 Å². The van der Waals surface area contributed by atoms with E-state index in [1.54, 1.807) is 4.68 Å². The summed E-state index contributed by atoms with van der Waals surface area (Å²) in [6.45, 7) is 9.41. The Morgan fingerprint density at radius 2 is 1.53 bits per heavy atom. The molecule has 1 amide bonds. The molecular formula is C26H31BrN4O. The molecular weight excluding hydrogens is 464 g/mol. The number of carbonyl (C=O) groups is 1. The molecule has 1 saturated heterocycles. The van der Waals surface area contributed by atoms with Gasteiger partial charge in [-0.3, -0.25) is 14.4 Å². The first-order valence-corrected chi connectivity index (χ1v) is 11.9.